The number of rotatable bonds is 8. The standard InChI is InChI=1S/C21H23N3O2S/c1-2-17-8-11-20(12-9-17)27(25,26)24-19-10-13-21(23-16-19)22-15-14-18-6-4-3-5-7-18/h3-13,16,24H,2,14-15H2,1H3,(H,22,23). The van der Waals surface area contributed by atoms with E-state index in [1.807, 2.05) is 37.3 Å². The molecule has 0 radical (unpaired) electrons. The van der Waals surface area contributed by atoms with Gasteiger partial charge in [0, 0.05) is 6.54 Å². The predicted octanol–water partition coefficient (Wildman–Crippen LogP) is 4.10. The van der Waals surface area contributed by atoms with Crippen LogP contribution in [0.15, 0.2) is 77.8 Å². The third-order valence-corrected chi connectivity index (χ3v) is 5.62. The predicted molar refractivity (Wildman–Crippen MR) is 110 cm³/mol. The Morgan fingerprint density at radius 1 is 0.889 bits per heavy atom. The Morgan fingerprint density at radius 3 is 2.26 bits per heavy atom. The highest BCUT2D eigenvalue weighted by atomic mass is 32.2. The van der Waals surface area contributed by atoms with E-state index in [1.54, 1.807) is 24.3 Å². The van der Waals surface area contributed by atoms with Gasteiger partial charge in [-0.15, -0.1) is 0 Å². The molecule has 0 saturated heterocycles. The first-order chi connectivity index (χ1) is 13.1. The van der Waals surface area contributed by atoms with E-state index in [4.69, 9.17) is 0 Å². The molecule has 0 saturated carbocycles. The molecule has 1 heterocycles. The highest BCUT2D eigenvalue weighted by Crippen LogP contribution is 2.17. The zero-order valence-corrected chi connectivity index (χ0v) is 16.0. The Hall–Kier alpha value is -2.86. The molecule has 0 aliphatic carbocycles. The van der Waals surface area contributed by atoms with Crippen LogP contribution in [-0.2, 0) is 22.9 Å². The Labute approximate surface area is 160 Å². The van der Waals surface area contributed by atoms with Gasteiger partial charge in [-0.1, -0.05) is 49.4 Å². The van der Waals surface area contributed by atoms with Crippen LogP contribution in [0.4, 0.5) is 11.5 Å². The zero-order valence-electron chi connectivity index (χ0n) is 15.2. The maximum atomic E-state index is 12.5. The first-order valence-electron chi connectivity index (χ1n) is 8.92. The lowest BCUT2D eigenvalue weighted by Gasteiger charge is -2.10. The van der Waals surface area contributed by atoms with Gasteiger partial charge in [-0.25, -0.2) is 13.4 Å². The number of anilines is 2. The molecule has 140 valence electrons. The third-order valence-electron chi connectivity index (χ3n) is 4.22. The molecule has 2 aromatic carbocycles. The molecule has 2 N–H and O–H groups in total. The topological polar surface area (TPSA) is 71.1 Å². The summed E-state index contributed by atoms with van der Waals surface area (Å²) in [5.41, 5.74) is 2.79. The molecule has 27 heavy (non-hydrogen) atoms. The summed E-state index contributed by atoms with van der Waals surface area (Å²) in [5.74, 6) is 0.709. The molecule has 6 heteroatoms. The quantitative estimate of drug-likeness (QED) is 0.616. The molecule has 0 aliphatic rings. The summed E-state index contributed by atoms with van der Waals surface area (Å²) in [6.07, 6.45) is 3.28. The van der Waals surface area contributed by atoms with Crippen LogP contribution in [0.2, 0.25) is 0 Å². The van der Waals surface area contributed by atoms with E-state index in [0.717, 1.165) is 24.9 Å². The average Bonchev–Trinajstić information content (AvgIpc) is 2.70. The van der Waals surface area contributed by atoms with Gasteiger partial charge < -0.3 is 5.32 Å². The lowest BCUT2D eigenvalue weighted by atomic mass is 10.1. The molecule has 0 unspecified atom stereocenters. The molecule has 0 bridgehead atoms. The fourth-order valence-corrected chi connectivity index (χ4v) is 3.70. The minimum Gasteiger partial charge on any atom is -0.370 e. The van der Waals surface area contributed by atoms with E-state index >= 15 is 0 Å². The van der Waals surface area contributed by atoms with Gasteiger partial charge in [0.2, 0.25) is 0 Å². The SMILES string of the molecule is CCc1ccc(S(=O)(=O)Nc2ccc(NCCc3ccccc3)nc2)cc1. The van der Waals surface area contributed by atoms with Crippen LogP contribution < -0.4 is 10.0 Å². The van der Waals surface area contributed by atoms with Gasteiger partial charge in [-0.05, 0) is 48.2 Å². The smallest absolute Gasteiger partial charge is 0.261 e. The summed E-state index contributed by atoms with van der Waals surface area (Å²) < 4.78 is 27.5. The summed E-state index contributed by atoms with van der Waals surface area (Å²) in [7, 11) is -3.61. The van der Waals surface area contributed by atoms with E-state index in [0.29, 0.717) is 11.5 Å². The maximum Gasteiger partial charge on any atom is 0.261 e. The molecule has 3 rings (SSSR count). The van der Waals surface area contributed by atoms with Gasteiger partial charge in [0.25, 0.3) is 10.0 Å². The fraction of sp³-hybridized carbons (Fsp3) is 0.190. The monoisotopic (exact) mass is 381 g/mol. The molecule has 0 atom stereocenters. The number of sulfonamides is 1. The molecule has 0 aliphatic heterocycles. The zero-order chi connectivity index (χ0) is 19.1. The fourth-order valence-electron chi connectivity index (χ4n) is 2.66. The van der Waals surface area contributed by atoms with Crippen LogP contribution in [-0.4, -0.2) is 19.9 Å². The number of hydrogen-bond acceptors (Lipinski definition) is 4. The van der Waals surface area contributed by atoms with Gasteiger partial charge in [0.15, 0.2) is 0 Å². The van der Waals surface area contributed by atoms with Crippen molar-refractivity contribution < 1.29 is 8.42 Å². The Morgan fingerprint density at radius 2 is 1.63 bits per heavy atom. The van der Waals surface area contributed by atoms with Crippen molar-refractivity contribution in [3.8, 4) is 0 Å². The van der Waals surface area contributed by atoms with Crippen molar-refractivity contribution in [3.05, 3.63) is 84.1 Å². The molecule has 5 nitrogen and oxygen atoms in total. The van der Waals surface area contributed by atoms with Crippen LogP contribution in [0, 0.1) is 0 Å². The lowest BCUT2D eigenvalue weighted by Crippen LogP contribution is -2.13. The van der Waals surface area contributed by atoms with Crippen LogP contribution in [0.1, 0.15) is 18.1 Å². The molecule has 1 aromatic heterocycles. The lowest BCUT2D eigenvalue weighted by molar-refractivity contribution is 0.601. The number of aromatic nitrogens is 1. The van der Waals surface area contributed by atoms with Crippen molar-refractivity contribution in [2.24, 2.45) is 0 Å². The van der Waals surface area contributed by atoms with E-state index in [2.05, 4.69) is 27.2 Å². The minimum atomic E-state index is -3.61. The van der Waals surface area contributed by atoms with E-state index in [-0.39, 0.29) is 4.90 Å². The summed E-state index contributed by atoms with van der Waals surface area (Å²) in [5, 5.41) is 3.24. The first-order valence-corrected chi connectivity index (χ1v) is 10.4. The van der Waals surface area contributed by atoms with Crippen molar-refractivity contribution >= 4 is 21.5 Å². The highest BCUT2D eigenvalue weighted by molar-refractivity contribution is 7.92. The summed E-state index contributed by atoms with van der Waals surface area (Å²) in [6, 6.07) is 20.6. The number of benzene rings is 2. The van der Waals surface area contributed by atoms with E-state index < -0.39 is 10.0 Å². The third kappa shape index (κ3) is 5.31. The number of hydrogen-bond donors (Lipinski definition) is 2. The van der Waals surface area contributed by atoms with Gasteiger partial charge >= 0.3 is 0 Å². The largest absolute Gasteiger partial charge is 0.370 e. The van der Waals surface area contributed by atoms with Crippen molar-refractivity contribution in [3.63, 3.8) is 0 Å². The van der Waals surface area contributed by atoms with Gasteiger partial charge in [-0.3, -0.25) is 4.72 Å². The van der Waals surface area contributed by atoms with Gasteiger partial charge in [0.05, 0.1) is 16.8 Å². The maximum absolute atomic E-state index is 12.5. The summed E-state index contributed by atoms with van der Waals surface area (Å²) in [6.45, 7) is 2.79. The second-order valence-corrected chi connectivity index (χ2v) is 7.88. The molecule has 0 amide bonds. The highest BCUT2D eigenvalue weighted by Gasteiger charge is 2.14. The second kappa shape index (κ2) is 8.68. The average molecular weight is 382 g/mol. The van der Waals surface area contributed by atoms with Gasteiger partial charge in [0.1, 0.15) is 5.82 Å². The normalized spacial score (nSPS) is 11.1. The minimum absolute atomic E-state index is 0.241. The van der Waals surface area contributed by atoms with E-state index in [1.165, 1.54) is 11.8 Å². The van der Waals surface area contributed by atoms with Crippen LogP contribution in [0.5, 0.6) is 0 Å². The molecule has 3 aromatic rings. The number of aryl methyl sites for hydroxylation is 1. The van der Waals surface area contributed by atoms with Crippen molar-refractivity contribution in [1.29, 1.82) is 0 Å². The van der Waals surface area contributed by atoms with Crippen LogP contribution in [0.25, 0.3) is 0 Å². The number of nitrogens with zero attached hydrogens (tertiary/aromatic N) is 1. The Bertz CT molecular complexity index is 955. The van der Waals surface area contributed by atoms with Crippen molar-refractivity contribution in [1.82, 2.24) is 4.98 Å². The summed E-state index contributed by atoms with van der Waals surface area (Å²) >= 11 is 0. The molecule has 0 spiro atoms. The van der Waals surface area contributed by atoms with Crippen molar-refractivity contribution in [2.75, 3.05) is 16.6 Å². The first kappa shape index (κ1) is 18.9. The molecular weight excluding hydrogens is 358 g/mol. The Balaban J connectivity index is 1.57. The van der Waals surface area contributed by atoms with Gasteiger partial charge in [-0.2, -0.15) is 0 Å². The van der Waals surface area contributed by atoms with Crippen LogP contribution >= 0.6 is 0 Å². The Kier molecular flexibility index (Phi) is 6.08. The van der Waals surface area contributed by atoms with Crippen LogP contribution in [0.3, 0.4) is 0 Å². The summed E-state index contributed by atoms with van der Waals surface area (Å²) in [4.78, 5) is 4.52. The molecule has 0 fully saturated rings. The second-order valence-electron chi connectivity index (χ2n) is 6.20. The van der Waals surface area contributed by atoms with E-state index in [9.17, 15) is 8.42 Å². The molecular formula is C21H23N3O2S. The van der Waals surface area contributed by atoms with Crippen molar-refractivity contribution in [2.45, 2.75) is 24.7 Å². The number of nitrogens with one attached hydrogen (secondary N) is 2. The number of pyridine rings is 1.